The van der Waals surface area contributed by atoms with Crippen molar-refractivity contribution in [3.05, 3.63) is 68.6 Å². The Kier molecular flexibility index (Phi) is 5.91. The van der Waals surface area contributed by atoms with Crippen LogP contribution in [-0.2, 0) is 16.6 Å². The van der Waals surface area contributed by atoms with Crippen LogP contribution in [0, 0.1) is 34.6 Å². The lowest BCUT2D eigenvalue weighted by Gasteiger charge is -2.16. The summed E-state index contributed by atoms with van der Waals surface area (Å²) in [6.07, 6.45) is 0.496. The van der Waals surface area contributed by atoms with E-state index in [1.807, 2.05) is 58.0 Å². The Balaban J connectivity index is 1.79. The number of sulfonamides is 1. The van der Waals surface area contributed by atoms with E-state index in [2.05, 4.69) is 9.71 Å². The number of hydrogen-bond acceptors (Lipinski definition) is 4. The molecule has 0 saturated heterocycles. The average Bonchev–Trinajstić information content (AvgIpc) is 2.66. The Morgan fingerprint density at radius 2 is 1.62 bits per heavy atom. The Morgan fingerprint density at radius 1 is 1.00 bits per heavy atom. The SMILES string of the molecule is Cc1cc(C)c(C)c(S(=O)(=O)NCCCn2c(=O)c(C)nc3ccccc32)c1C. The topological polar surface area (TPSA) is 81.1 Å². The van der Waals surface area contributed by atoms with Crippen molar-refractivity contribution in [2.24, 2.45) is 0 Å². The number of aromatic nitrogens is 2. The van der Waals surface area contributed by atoms with Gasteiger partial charge in [0.1, 0.15) is 5.69 Å². The number of aryl methyl sites for hydroxylation is 4. The highest BCUT2D eigenvalue weighted by Crippen LogP contribution is 2.25. The summed E-state index contributed by atoms with van der Waals surface area (Å²) in [5, 5.41) is 0. The largest absolute Gasteiger partial charge is 0.305 e. The summed E-state index contributed by atoms with van der Waals surface area (Å²) in [7, 11) is -3.63. The number of benzene rings is 2. The van der Waals surface area contributed by atoms with Gasteiger partial charge in [-0.2, -0.15) is 0 Å². The fraction of sp³-hybridized carbons (Fsp3) is 0.364. The molecular formula is C22H27N3O3S. The molecule has 0 aliphatic carbocycles. The third-order valence-electron chi connectivity index (χ3n) is 5.43. The Morgan fingerprint density at radius 3 is 2.28 bits per heavy atom. The van der Waals surface area contributed by atoms with E-state index in [9.17, 15) is 13.2 Å². The quantitative estimate of drug-likeness (QED) is 0.629. The van der Waals surface area contributed by atoms with E-state index < -0.39 is 10.0 Å². The Hall–Kier alpha value is -2.51. The van der Waals surface area contributed by atoms with Crippen molar-refractivity contribution in [2.75, 3.05) is 6.54 Å². The minimum absolute atomic E-state index is 0.146. The highest BCUT2D eigenvalue weighted by atomic mass is 32.2. The van der Waals surface area contributed by atoms with Gasteiger partial charge in [0.2, 0.25) is 10.0 Å². The van der Waals surface area contributed by atoms with Gasteiger partial charge >= 0.3 is 0 Å². The number of rotatable bonds is 6. The van der Waals surface area contributed by atoms with Crippen molar-refractivity contribution < 1.29 is 8.42 Å². The first-order valence-electron chi connectivity index (χ1n) is 9.66. The minimum Gasteiger partial charge on any atom is -0.305 e. The van der Waals surface area contributed by atoms with Crippen molar-refractivity contribution in [3.63, 3.8) is 0 Å². The van der Waals surface area contributed by atoms with Crippen LogP contribution in [0.2, 0.25) is 0 Å². The molecule has 0 bridgehead atoms. The number of fused-ring (bicyclic) bond motifs is 1. The summed E-state index contributed by atoms with van der Waals surface area (Å²) >= 11 is 0. The highest BCUT2D eigenvalue weighted by molar-refractivity contribution is 7.89. The zero-order valence-corrected chi connectivity index (χ0v) is 18.4. The van der Waals surface area contributed by atoms with Crippen LogP contribution in [0.1, 0.15) is 34.4 Å². The third-order valence-corrected chi connectivity index (χ3v) is 7.17. The maximum Gasteiger partial charge on any atom is 0.272 e. The number of nitrogens with zero attached hydrogens (tertiary/aromatic N) is 2. The lowest BCUT2D eigenvalue weighted by Crippen LogP contribution is -2.29. The lowest BCUT2D eigenvalue weighted by molar-refractivity contribution is 0.568. The van der Waals surface area contributed by atoms with E-state index in [-0.39, 0.29) is 12.1 Å². The molecule has 29 heavy (non-hydrogen) atoms. The molecule has 2 aromatic carbocycles. The van der Waals surface area contributed by atoms with Crippen molar-refractivity contribution in [2.45, 2.75) is 52.5 Å². The van der Waals surface area contributed by atoms with Gasteiger partial charge in [-0.05, 0) is 75.4 Å². The van der Waals surface area contributed by atoms with Gasteiger partial charge in [-0.3, -0.25) is 4.79 Å². The van der Waals surface area contributed by atoms with Crippen LogP contribution < -0.4 is 10.3 Å². The summed E-state index contributed by atoms with van der Waals surface area (Å²) in [6.45, 7) is 9.86. The predicted molar refractivity (Wildman–Crippen MR) is 116 cm³/mol. The van der Waals surface area contributed by atoms with Crippen LogP contribution in [0.3, 0.4) is 0 Å². The molecule has 0 atom stereocenters. The first-order chi connectivity index (χ1) is 13.6. The normalized spacial score (nSPS) is 11.9. The predicted octanol–water partition coefficient (Wildman–Crippen LogP) is 3.31. The van der Waals surface area contributed by atoms with E-state index in [1.54, 1.807) is 11.5 Å². The molecule has 6 nitrogen and oxygen atoms in total. The van der Waals surface area contributed by atoms with Gasteiger partial charge in [-0.1, -0.05) is 18.2 Å². The number of hydrogen-bond donors (Lipinski definition) is 1. The first-order valence-corrected chi connectivity index (χ1v) is 11.1. The number of nitrogens with one attached hydrogen (secondary N) is 1. The molecule has 1 N–H and O–H groups in total. The molecule has 7 heteroatoms. The van der Waals surface area contributed by atoms with E-state index in [4.69, 9.17) is 0 Å². The van der Waals surface area contributed by atoms with Crippen molar-refractivity contribution in [1.82, 2.24) is 14.3 Å². The molecular weight excluding hydrogens is 386 g/mol. The van der Waals surface area contributed by atoms with Crippen LogP contribution in [-0.4, -0.2) is 24.5 Å². The summed E-state index contributed by atoms with van der Waals surface area (Å²) < 4.78 is 30.2. The third kappa shape index (κ3) is 4.11. The molecule has 154 valence electrons. The van der Waals surface area contributed by atoms with Gasteiger partial charge in [-0.15, -0.1) is 0 Å². The van der Waals surface area contributed by atoms with E-state index in [1.165, 1.54) is 0 Å². The van der Waals surface area contributed by atoms with Crippen LogP contribution in [0.25, 0.3) is 11.0 Å². The summed E-state index contributed by atoms with van der Waals surface area (Å²) in [6, 6.07) is 9.48. The fourth-order valence-corrected chi connectivity index (χ4v) is 5.33. The number of para-hydroxylation sites is 2. The van der Waals surface area contributed by atoms with Crippen LogP contribution in [0.4, 0.5) is 0 Å². The molecule has 3 rings (SSSR count). The second kappa shape index (κ2) is 8.08. The smallest absolute Gasteiger partial charge is 0.272 e. The molecule has 0 unspecified atom stereocenters. The monoisotopic (exact) mass is 413 g/mol. The average molecular weight is 414 g/mol. The Labute approximate surface area is 171 Å². The standard InChI is InChI=1S/C22H27N3O3S/c1-14-13-15(2)17(4)21(16(14)3)29(27,28)23-11-8-12-25-20-10-7-6-9-19(20)24-18(5)22(25)26/h6-7,9-10,13,23H,8,11-12H2,1-5H3. The second-order valence-corrected chi connectivity index (χ2v) is 9.19. The summed E-state index contributed by atoms with van der Waals surface area (Å²) in [5.74, 6) is 0. The molecule has 0 amide bonds. The lowest BCUT2D eigenvalue weighted by atomic mass is 10.0. The molecule has 0 radical (unpaired) electrons. The zero-order valence-electron chi connectivity index (χ0n) is 17.5. The van der Waals surface area contributed by atoms with Crippen LogP contribution in [0.15, 0.2) is 40.0 Å². The van der Waals surface area contributed by atoms with Crippen molar-refractivity contribution >= 4 is 21.1 Å². The van der Waals surface area contributed by atoms with Crippen molar-refractivity contribution in [3.8, 4) is 0 Å². The molecule has 0 aliphatic heterocycles. The molecule has 3 aromatic rings. The van der Waals surface area contributed by atoms with Gasteiger partial charge in [-0.25, -0.2) is 18.1 Å². The second-order valence-electron chi connectivity index (χ2n) is 7.48. The van der Waals surface area contributed by atoms with E-state index in [0.717, 1.165) is 33.3 Å². The molecule has 0 saturated carbocycles. The summed E-state index contributed by atoms with van der Waals surface area (Å²) in [4.78, 5) is 17.2. The molecule has 1 aromatic heterocycles. The van der Waals surface area contributed by atoms with Crippen LogP contribution >= 0.6 is 0 Å². The first kappa shape index (κ1) is 21.2. The zero-order chi connectivity index (χ0) is 21.3. The molecule has 1 heterocycles. The fourth-order valence-electron chi connectivity index (χ4n) is 3.64. The van der Waals surface area contributed by atoms with Gasteiger partial charge in [0, 0.05) is 13.1 Å². The van der Waals surface area contributed by atoms with E-state index >= 15 is 0 Å². The van der Waals surface area contributed by atoms with Crippen LogP contribution in [0.5, 0.6) is 0 Å². The van der Waals surface area contributed by atoms with Crippen molar-refractivity contribution in [1.29, 1.82) is 0 Å². The highest BCUT2D eigenvalue weighted by Gasteiger charge is 2.21. The van der Waals surface area contributed by atoms with E-state index in [0.29, 0.717) is 23.6 Å². The Bertz CT molecular complexity index is 1220. The minimum atomic E-state index is -3.63. The molecule has 0 fully saturated rings. The van der Waals surface area contributed by atoms with Gasteiger partial charge < -0.3 is 4.57 Å². The summed E-state index contributed by atoms with van der Waals surface area (Å²) in [5.41, 5.74) is 5.26. The maximum absolute atomic E-state index is 12.9. The van der Waals surface area contributed by atoms with Gasteiger partial charge in [0.25, 0.3) is 5.56 Å². The van der Waals surface area contributed by atoms with Gasteiger partial charge in [0.05, 0.1) is 15.9 Å². The molecule has 0 aliphatic rings. The maximum atomic E-state index is 12.9. The van der Waals surface area contributed by atoms with Gasteiger partial charge in [0.15, 0.2) is 0 Å². The molecule has 0 spiro atoms.